The van der Waals surface area contributed by atoms with Gasteiger partial charge in [0.15, 0.2) is 5.96 Å². The molecule has 0 spiro atoms. The van der Waals surface area contributed by atoms with Crippen LogP contribution in [0.5, 0.6) is 0 Å². The van der Waals surface area contributed by atoms with Crippen LogP contribution in [0.2, 0.25) is 0 Å². The largest absolute Gasteiger partial charge is 0.384 e. The smallest absolute Gasteiger partial charge is 0.191 e. The van der Waals surface area contributed by atoms with Crippen molar-refractivity contribution in [2.75, 3.05) is 46.1 Å². The van der Waals surface area contributed by atoms with Crippen molar-refractivity contribution in [3.05, 3.63) is 35.9 Å². The Morgan fingerprint density at radius 1 is 1.35 bits per heavy atom. The Morgan fingerprint density at radius 2 is 2.15 bits per heavy atom. The van der Waals surface area contributed by atoms with Crippen molar-refractivity contribution in [1.82, 2.24) is 10.6 Å². The van der Waals surface area contributed by atoms with Crippen LogP contribution in [0.1, 0.15) is 32.3 Å². The Labute approximate surface area is 157 Å². The highest BCUT2D eigenvalue weighted by Crippen LogP contribution is 2.20. The number of ether oxygens (including phenoxy) is 2. The lowest BCUT2D eigenvalue weighted by molar-refractivity contribution is 0.0672. The van der Waals surface area contributed by atoms with Gasteiger partial charge in [0.2, 0.25) is 0 Å². The van der Waals surface area contributed by atoms with Crippen LogP contribution in [-0.4, -0.2) is 57.1 Å². The molecular weight excluding hydrogens is 330 g/mol. The average Bonchev–Trinajstić information content (AvgIpc) is 3.16. The van der Waals surface area contributed by atoms with Gasteiger partial charge >= 0.3 is 0 Å². The number of hydrogen-bond donors (Lipinski definition) is 3. The quantitative estimate of drug-likeness (QED) is 0.336. The first-order valence-corrected chi connectivity index (χ1v) is 9.57. The minimum Gasteiger partial charge on any atom is -0.384 e. The van der Waals surface area contributed by atoms with E-state index >= 15 is 0 Å². The lowest BCUT2D eigenvalue weighted by Crippen LogP contribution is -2.39. The van der Waals surface area contributed by atoms with Gasteiger partial charge in [0, 0.05) is 32.2 Å². The number of benzene rings is 1. The summed E-state index contributed by atoms with van der Waals surface area (Å²) in [5.41, 5.74) is -0.125. The topological polar surface area (TPSA) is 75.1 Å². The van der Waals surface area contributed by atoms with Gasteiger partial charge < -0.3 is 25.2 Å². The summed E-state index contributed by atoms with van der Waals surface area (Å²) in [6.45, 7) is 8.87. The molecule has 0 amide bonds. The lowest BCUT2D eigenvalue weighted by atomic mass is 9.96. The highest BCUT2D eigenvalue weighted by Gasteiger charge is 2.22. The van der Waals surface area contributed by atoms with Crippen molar-refractivity contribution in [3.8, 4) is 0 Å². The molecule has 2 atom stereocenters. The second-order valence-electron chi connectivity index (χ2n) is 6.92. The number of nitrogens with one attached hydrogen (secondary N) is 2. The zero-order chi connectivity index (χ0) is 18.7. The fraction of sp³-hybridized carbons (Fsp3) is 0.650. The Hall–Kier alpha value is -1.63. The van der Waals surface area contributed by atoms with E-state index in [0.717, 1.165) is 57.9 Å². The molecule has 1 saturated heterocycles. The van der Waals surface area contributed by atoms with Crippen LogP contribution in [-0.2, 0) is 15.1 Å². The predicted octanol–water partition coefficient (Wildman–Crippen LogP) is 1.89. The van der Waals surface area contributed by atoms with Crippen LogP contribution in [0.15, 0.2) is 35.3 Å². The minimum atomic E-state index is -0.990. The fourth-order valence-corrected chi connectivity index (χ4v) is 2.81. The van der Waals surface area contributed by atoms with E-state index in [1.165, 1.54) is 0 Å². The van der Waals surface area contributed by atoms with Crippen molar-refractivity contribution >= 4 is 5.96 Å². The van der Waals surface area contributed by atoms with Gasteiger partial charge in [-0.1, -0.05) is 30.3 Å². The highest BCUT2D eigenvalue weighted by atomic mass is 16.5. The standard InChI is InChI=1S/C20H33N3O3/c1-3-21-19(22-11-7-12-25-14-17-10-13-26-15-17)23-16-20(2,24)18-8-5-4-6-9-18/h4-6,8-9,17,24H,3,7,10-16H2,1-2H3,(H2,21,22,23). The van der Waals surface area contributed by atoms with Gasteiger partial charge in [-0.3, -0.25) is 0 Å². The minimum absolute atomic E-state index is 0.296. The first-order valence-electron chi connectivity index (χ1n) is 9.57. The molecule has 0 radical (unpaired) electrons. The van der Waals surface area contributed by atoms with E-state index in [-0.39, 0.29) is 0 Å². The first kappa shape index (κ1) is 20.7. The molecule has 1 aliphatic heterocycles. The molecule has 2 unspecified atom stereocenters. The lowest BCUT2D eigenvalue weighted by Gasteiger charge is -2.22. The molecule has 146 valence electrons. The molecule has 0 saturated carbocycles. The van der Waals surface area contributed by atoms with Crippen LogP contribution in [0.4, 0.5) is 0 Å². The maximum absolute atomic E-state index is 10.7. The third kappa shape index (κ3) is 7.32. The molecule has 26 heavy (non-hydrogen) atoms. The number of rotatable bonds is 10. The van der Waals surface area contributed by atoms with Crippen LogP contribution in [0.25, 0.3) is 0 Å². The van der Waals surface area contributed by atoms with Gasteiger partial charge in [-0.2, -0.15) is 0 Å². The van der Waals surface area contributed by atoms with Gasteiger partial charge in [0.25, 0.3) is 0 Å². The van der Waals surface area contributed by atoms with E-state index in [0.29, 0.717) is 18.4 Å². The Morgan fingerprint density at radius 3 is 2.85 bits per heavy atom. The van der Waals surface area contributed by atoms with Crippen LogP contribution in [0, 0.1) is 5.92 Å². The molecule has 1 aromatic rings. The van der Waals surface area contributed by atoms with Crippen molar-refractivity contribution < 1.29 is 14.6 Å². The van der Waals surface area contributed by atoms with Gasteiger partial charge in [-0.25, -0.2) is 4.99 Å². The van der Waals surface area contributed by atoms with Crippen molar-refractivity contribution in [2.24, 2.45) is 10.9 Å². The zero-order valence-electron chi connectivity index (χ0n) is 16.0. The first-order chi connectivity index (χ1) is 12.6. The van der Waals surface area contributed by atoms with E-state index in [1.807, 2.05) is 37.3 Å². The van der Waals surface area contributed by atoms with Crippen molar-refractivity contribution in [1.29, 1.82) is 0 Å². The van der Waals surface area contributed by atoms with E-state index in [4.69, 9.17) is 9.47 Å². The predicted molar refractivity (Wildman–Crippen MR) is 104 cm³/mol. The molecule has 3 N–H and O–H groups in total. The van der Waals surface area contributed by atoms with Gasteiger partial charge in [0.05, 0.1) is 19.8 Å². The summed E-state index contributed by atoms with van der Waals surface area (Å²) in [7, 11) is 0. The second-order valence-corrected chi connectivity index (χ2v) is 6.92. The maximum Gasteiger partial charge on any atom is 0.191 e. The van der Waals surface area contributed by atoms with E-state index in [2.05, 4.69) is 15.6 Å². The third-order valence-corrected chi connectivity index (χ3v) is 4.42. The molecule has 0 aliphatic carbocycles. The third-order valence-electron chi connectivity index (χ3n) is 4.42. The van der Waals surface area contributed by atoms with E-state index in [1.54, 1.807) is 6.92 Å². The van der Waals surface area contributed by atoms with Crippen molar-refractivity contribution in [2.45, 2.75) is 32.3 Å². The van der Waals surface area contributed by atoms with Gasteiger partial charge in [-0.05, 0) is 32.3 Å². The summed E-state index contributed by atoms with van der Waals surface area (Å²) in [6.07, 6.45) is 2.02. The molecule has 1 aliphatic rings. The molecule has 1 aromatic carbocycles. The van der Waals surface area contributed by atoms with Gasteiger partial charge in [0.1, 0.15) is 5.60 Å². The van der Waals surface area contributed by atoms with E-state index < -0.39 is 5.60 Å². The summed E-state index contributed by atoms with van der Waals surface area (Å²) < 4.78 is 11.1. The second kappa shape index (κ2) is 11.2. The Bertz CT molecular complexity index is 528. The summed E-state index contributed by atoms with van der Waals surface area (Å²) in [5, 5.41) is 17.2. The maximum atomic E-state index is 10.7. The number of aliphatic imine (C=N–C) groups is 1. The molecule has 0 bridgehead atoms. The van der Waals surface area contributed by atoms with Crippen LogP contribution in [0.3, 0.4) is 0 Å². The molecule has 6 nitrogen and oxygen atoms in total. The zero-order valence-corrected chi connectivity index (χ0v) is 16.0. The molecule has 6 heteroatoms. The summed E-state index contributed by atoms with van der Waals surface area (Å²) >= 11 is 0. The summed E-state index contributed by atoms with van der Waals surface area (Å²) in [6, 6.07) is 9.63. The summed E-state index contributed by atoms with van der Waals surface area (Å²) in [4.78, 5) is 4.53. The number of guanidine groups is 1. The molecule has 2 rings (SSSR count). The number of hydrogen-bond acceptors (Lipinski definition) is 4. The highest BCUT2D eigenvalue weighted by molar-refractivity contribution is 5.79. The monoisotopic (exact) mass is 363 g/mol. The molecule has 0 aromatic heterocycles. The summed E-state index contributed by atoms with van der Waals surface area (Å²) in [5.74, 6) is 1.27. The average molecular weight is 364 g/mol. The normalized spacial score (nSPS) is 20.0. The van der Waals surface area contributed by atoms with Crippen LogP contribution < -0.4 is 10.6 Å². The Kier molecular flexibility index (Phi) is 8.88. The molecular formula is C20H33N3O3. The SMILES string of the molecule is CCNC(=NCC(C)(O)c1ccccc1)NCCCOCC1CCOC1. The number of aliphatic hydroxyl groups is 1. The fourth-order valence-electron chi connectivity index (χ4n) is 2.81. The van der Waals surface area contributed by atoms with E-state index in [9.17, 15) is 5.11 Å². The molecule has 1 heterocycles. The molecule has 1 fully saturated rings. The van der Waals surface area contributed by atoms with Crippen molar-refractivity contribution in [3.63, 3.8) is 0 Å². The van der Waals surface area contributed by atoms with Gasteiger partial charge in [-0.15, -0.1) is 0 Å². The number of nitrogens with zero attached hydrogens (tertiary/aromatic N) is 1. The Balaban J connectivity index is 1.70. The van der Waals surface area contributed by atoms with Crippen LogP contribution >= 0.6 is 0 Å².